The fourth-order valence-corrected chi connectivity index (χ4v) is 1.68. The summed E-state index contributed by atoms with van der Waals surface area (Å²) < 4.78 is 0. The van der Waals surface area contributed by atoms with Crippen molar-refractivity contribution in [3.63, 3.8) is 0 Å². The van der Waals surface area contributed by atoms with E-state index in [-0.39, 0.29) is 38.6 Å². The minimum Gasteiger partial charge on any atom is -0.512 e. The Bertz CT molecular complexity index is 606. The molecule has 0 unspecified atom stereocenters. The zero-order valence-corrected chi connectivity index (χ0v) is 25.5. The number of amidine groups is 1. The van der Waals surface area contributed by atoms with E-state index in [4.69, 9.17) is 5.73 Å². The lowest BCUT2D eigenvalue weighted by atomic mass is 9.87. The molecule has 0 atom stereocenters. The highest BCUT2D eigenvalue weighted by atomic mass is 16.3. The third-order valence-corrected chi connectivity index (χ3v) is 3.73. The molecule has 0 aromatic heterocycles. The Morgan fingerprint density at radius 2 is 1.06 bits per heavy atom. The summed E-state index contributed by atoms with van der Waals surface area (Å²) in [6.45, 7) is 36.3. The number of aliphatic imine (C=N–C) groups is 1. The first-order chi connectivity index (χ1) is 13.9. The Balaban J connectivity index is -0.000000409. The lowest BCUT2D eigenvalue weighted by molar-refractivity contribution is -0.130. The van der Waals surface area contributed by atoms with Gasteiger partial charge in [0.05, 0.1) is 17.1 Å². The maximum atomic E-state index is 11.4. The van der Waals surface area contributed by atoms with E-state index in [1.165, 1.54) is 0 Å². The fraction of sp³-hybridized carbons (Fsp3) is 0.857. The third-order valence-electron chi connectivity index (χ3n) is 3.73. The lowest BCUT2D eigenvalue weighted by Crippen LogP contribution is -2.46. The molecule has 0 saturated carbocycles. The van der Waals surface area contributed by atoms with Crippen LogP contribution >= 0.6 is 0 Å². The average molecular weight is 470 g/mol. The van der Waals surface area contributed by atoms with Crippen LogP contribution in [0, 0.1) is 21.7 Å². The van der Waals surface area contributed by atoms with Gasteiger partial charge in [-0.2, -0.15) is 0 Å². The summed E-state index contributed by atoms with van der Waals surface area (Å²) in [5.74, 6) is 1.31. The minimum atomic E-state index is -0.284. The molecule has 0 aromatic rings. The number of carbonyl (C=O) groups excluding carboxylic acids is 1. The van der Waals surface area contributed by atoms with Crippen LogP contribution in [-0.4, -0.2) is 27.9 Å². The van der Waals surface area contributed by atoms with Gasteiger partial charge in [0, 0.05) is 21.8 Å². The highest BCUT2D eigenvalue weighted by molar-refractivity contribution is 5.85. The van der Waals surface area contributed by atoms with Crippen LogP contribution in [0.5, 0.6) is 0 Å². The van der Waals surface area contributed by atoms with Gasteiger partial charge < -0.3 is 16.2 Å². The molecule has 0 fully saturated rings. The van der Waals surface area contributed by atoms with Gasteiger partial charge in [0.2, 0.25) is 5.91 Å². The largest absolute Gasteiger partial charge is 0.512 e. The first-order valence-corrected chi connectivity index (χ1v) is 12.0. The molecule has 5 heteroatoms. The Labute approximate surface area is 207 Å². The number of allylic oxidation sites excluding steroid dienone is 2. The molecular formula is C28H59N3O2. The topological polar surface area (TPSA) is 87.7 Å². The molecule has 0 spiro atoms. The predicted molar refractivity (Wildman–Crippen MR) is 148 cm³/mol. The van der Waals surface area contributed by atoms with E-state index in [9.17, 15) is 9.90 Å². The maximum absolute atomic E-state index is 11.4. The standard InChI is InChI=1S/C10H20O.C9H20N2.C9H19NO/c1-9(2,3)7-8(11)10(4,5)6;1-8(2,3)7(10)11-9(4,5)6;1-8(2,3)7(11)10-9(4,5)6/h7,11H,1-6H3;1-6H3,(H2,10,11);1-6H3,(H,10,11)/b8-7+;;. The van der Waals surface area contributed by atoms with Gasteiger partial charge in [0.15, 0.2) is 0 Å². The van der Waals surface area contributed by atoms with Crippen molar-refractivity contribution in [1.29, 1.82) is 0 Å². The minimum absolute atomic E-state index is 0.00667. The monoisotopic (exact) mass is 469 g/mol. The number of hydrogen-bond donors (Lipinski definition) is 3. The number of amides is 1. The van der Waals surface area contributed by atoms with E-state index in [0.717, 1.165) is 5.84 Å². The van der Waals surface area contributed by atoms with Gasteiger partial charge in [-0.25, -0.2) is 0 Å². The van der Waals surface area contributed by atoms with Crippen molar-refractivity contribution in [1.82, 2.24) is 5.32 Å². The number of rotatable bonds is 0. The van der Waals surface area contributed by atoms with Crippen molar-refractivity contribution in [2.75, 3.05) is 0 Å². The number of aliphatic hydroxyl groups is 1. The summed E-state index contributed by atoms with van der Waals surface area (Å²) >= 11 is 0. The molecule has 0 aliphatic carbocycles. The molecule has 4 N–H and O–H groups in total. The van der Waals surface area contributed by atoms with Crippen molar-refractivity contribution >= 4 is 11.7 Å². The molecule has 0 rings (SSSR count). The molecule has 0 heterocycles. The first-order valence-electron chi connectivity index (χ1n) is 12.0. The van der Waals surface area contributed by atoms with Gasteiger partial charge in [0.25, 0.3) is 0 Å². The molecule has 33 heavy (non-hydrogen) atoms. The summed E-state index contributed by atoms with van der Waals surface area (Å²) in [6.07, 6.45) is 1.91. The Morgan fingerprint density at radius 1 is 0.697 bits per heavy atom. The van der Waals surface area contributed by atoms with Gasteiger partial charge in [-0.1, -0.05) is 83.1 Å². The molecule has 1 amide bonds. The number of hydrogen-bond acceptors (Lipinski definition) is 3. The summed E-state index contributed by atoms with van der Waals surface area (Å²) in [5, 5.41) is 12.5. The summed E-state index contributed by atoms with van der Waals surface area (Å²) in [4.78, 5) is 15.7. The van der Waals surface area contributed by atoms with Gasteiger partial charge in [-0.15, -0.1) is 0 Å². The Hall–Kier alpha value is -1.52. The van der Waals surface area contributed by atoms with Crippen LogP contribution in [-0.2, 0) is 4.79 Å². The van der Waals surface area contributed by atoms with Crippen LogP contribution in [0.25, 0.3) is 0 Å². The highest BCUT2D eigenvalue weighted by Gasteiger charge is 2.25. The van der Waals surface area contributed by atoms with E-state index in [1.54, 1.807) is 0 Å². The second-order valence-electron chi connectivity index (χ2n) is 15.0. The molecule has 0 aromatic carbocycles. The molecule has 0 radical (unpaired) electrons. The van der Waals surface area contributed by atoms with Gasteiger partial charge in [0.1, 0.15) is 0 Å². The highest BCUT2D eigenvalue weighted by Crippen LogP contribution is 2.27. The van der Waals surface area contributed by atoms with E-state index < -0.39 is 0 Å². The lowest BCUT2D eigenvalue weighted by Gasteiger charge is -2.26. The zero-order valence-electron chi connectivity index (χ0n) is 25.5. The smallest absolute Gasteiger partial charge is 0.225 e. The second kappa shape index (κ2) is 12.3. The van der Waals surface area contributed by atoms with E-state index in [2.05, 4.69) is 51.9 Å². The molecule has 0 saturated heterocycles. The normalized spacial score (nSPS) is 14.5. The zero-order chi connectivity index (χ0) is 27.9. The van der Waals surface area contributed by atoms with Crippen molar-refractivity contribution < 1.29 is 9.90 Å². The van der Waals surface area contributed by atoms with Crippen LogP contribution in [0.4, 0.5) is 0 Å². The number of nitrogens with one attached hydrogen (secondary N) is 1. The van der Waals surface area contributed by atoms with Crippen molar-refractivity contribution in [2.24, 2.45) is 32.4 Å². The van der Waals surface area contributed by atoms with Crippen LogP contribution in [0.1, 0.15) is 125 Å². The molecule has 0 aliphatic heterocycles. The number of carbonyl (C=O) groups is 1. The Kier molecular flexibility index (Phi) is 13.4. The van der Waals surface area contributed by atoms with E-state index >= 15 is 0 Å². The molecule has 0 aliphatic rings. The van der Waals surface area contributed by atoms with E-state index in [1.807, 2.05) is 89.2 Å². The van der Waals surface area contributed by atoms with Crippen LogP contribution < -0.4 is 11.1 Å². The summed E-state index contributed by atoms with van der Waals surface area (Å²) in [5.41, 5.74) is 5.27. The number of aliphatic hydroxyl groups excluding tert-OH is 1. The van der Waals surface area contributed by atoms with Gasteiger partial charge in [-0.3, -0.25) is 9.79 Å². The Morgan fingerprint density at radius 3 is 1.15 bits per heavy atom. The molecular weight excluding hydrogens is 410 g/mol. The summed E-state index contributed by atoms with van der Waals surface area (Å²) in [6, 6.07) is 0. The molecule has 5 nitrogen and oxygen atoms in total. The second-order valence-corrected chi connectivity index (χ2v) is 15.0. The molecule has 198 valence electrons. The number of nitrogens with two attached hydrogens (primary N) is 1. The number of nitrogens with zero attached hydrogens (tertiary/aromatic N) is 1. The SMILES string of the molecule is CC(C)(C)/C=C(/O)C(C)(C)C.CC(C)(C)N=C(N)C(C)(C)C.CC(C)(C)NC(=O)C(C)(C)C. The molecule has 0 bridgehead atoms. The van der Waals surface area contributed by atoms with Gasteiger partial charge in [-0.05, 0) is 53.0 Å². The van der Waals surface area contributed by atoms with E-state index in [0.29, 0.717) is 5.76 Å². The van der Waals surface area contributed by atoms with Crippen molar-refractivity contribution in [3.8, 4) is 0 Å². The maximum Gasteiger partial charge on any atom is 0.225 e. The fourth-order valence-electron chi connectivity index (χ4n) is 1.68. The summed E-state index contributed by atoms with van der Waals surface area (Å²) in [7, 11) is 0. The first kappa shape index (κ1) is 36.1. The van der Waals surface area contributed by atoms with Crippen LogP contribution in [0.2, 0.25) is 0 Å². The van der Waals surface area contributed by atoms with Crippen LogP contribution in [0.3, 0.4) is 0 Å². The van der Waals surface area contributed by atoms with Crippen LogP contribution in [0.15, 0.2) is 16.8 Å². The third kappa shape index (κ3) is 24.9. The quantitative estimate of drug-likeness (QED) is 0.193. The predicted octanol–water partition coefficient (Wildman–Crippen LogP) is 7.66. The average Bonchev–Trinajstić information content (AvgIpc) is 2.39. The van der Waals surface area contributed by atoms with Gasteiger partial charge >= 0.3 is 0 Å². The van der Waals surface area contributed by atoms with Crippen molar-refractivity contribution in [3.05, 3.63) is 11.8 Å². The van der Waals surface area contributed by atoms with Crippen molar-refractivity contribution in [2.45, 2.75) is 136 Å².